The number of aryl methyl sites for hydroxylation is 1. The zero-order chi connectivity index (χ0) is 28.4. The number of pyridine rings is 1. The fraction of sp³-hybridized carbons (Fsp3) is 0.258. The maximum absolute atomic E-state index is 14.1. The molecule has 7 nitrogen and oxygen atoms in total. The predicted octanol–water partition coefficient (Wildman–Crippen LogP) is 5.70. The molecule has 0 unspecified atom stereocenters. The molecular weight excluding hydrogens is 523 g/mol. The number of nitrogens with zero attached hydrogens (tertiary/aromatic N) is 4. The number of carbonyl (C=O) groups excluding carboxylic acids is 1. The summed E-state index contributed by atoms with van der Waals surface area (Å²) in [5.74, 6) is -0.743. The van der Waals surface area contributed by atoms with Gasteiger partial charge in [0, 0.05) is 56.0 Å². The minimum Gasteiger partial charge on any atom is -0.378 e. The van der Waals surface area contributed by atoms with Crippen molar-refractivity contribution in [1.82, 2.24) is 19.8 Å². The van der Waals surface area contributed by atoms with Gasteiger partial charge in [-0.3, -0.25) is 9.78 Å². The molecule has 1 saturated heterocycles. The molecule has 1 aliphatic rings. The van der Waals surface area contributed by atoms with Crippen LogP contribution in [0.2, 0.25) is 0 Å². The molecule has 0 bridgehead atoms. The van der Waals surface area contributed by atoms with Gasteiger partial charge in [-0.15, -0.1) is 0 Å². The van der Waals surface area contributed by atoms with Gasteiger partial charge in [0.1, 0.15) is 5.82 Å². The zero-order valence-corrected chi connectivity index (χ0v) is 23.9. The van der Waals surface area contributed by atoms with Crippen LogP contribution in [0.15, 0.2) is 79.0 Å². The van der Waals surface area contributed by atoms with E-state index in [1.807, 2.05) is 32.3 Å². The first kappa shape index (κ1) is 27.3. The summed E-state index contributed by atoms with van der Waals surface area (Å²) in [6.45, 7) is 4.57. The van der Waals surface area contributed by atoms with E-state index in [2.05, 4.69) is 74.2 Å². The molecule has 1 fully saturated rings. The normalized spacial score (nSPS) is 16.6. The number of rotatable bonds is 8. The van der Waals surface area contributed by atoms with E-state index in [-0.39, 0.29) is 30.1 Å². The highest BCUT2D eigenvalue weighted by molar-refractivity contribution is 7.80. The summed E-state index contributed by atoms with van der Waals surface area (Å²) in [7, 11) is 4.05. The lowest BCUT2D eigenvalue weighted by molar-refractivity contribution is -0.116. The number of amides is 1. The number of aromatic nitrogens is 2. The van der Waals surface area contributed by atoms with Crippen molar-refractivity contribution in [2.45, 2.75) is 32.4 Å². The van der Waals surface area contributed by atoms with Crippen molar-refractivity contribution in [3.8, 4) is 5.69 Å². The Hall–Kier alpha value is -4.24. The van der Waals surface area contributed by atoms with Gasteiger partial charge in [0.25, 0.3) is 0 Å². The summed E-state index contributed by atoms with van der Waals surface area (Å²) in [6, 6.07) is 22.3. The van der Waals surface area contributed by atoms with Crippen LogP contribution in [0.4, 0.5) is 15.8 Å². The van der Waals surface area contributed by atoms with Gasteiger partial charge < -0.3 is 25.0 Å². The Labute approximate surface area is 239 Å². The Bertz CT molecular complexity index is 1520. The highest BCUT2D eigenvalue weighted by atomic mass is 32.1. The second kappa shape index (κ2) is 11.5. The summed E-state index contributed by atoms with van der Waals surface area (Å²) >= 11 is 5.80. The van der Waals surface area contributed by atoms with Crippen LogP contribution in [0.25, 0.3) is 5.69 Å². The van der Waals surface area contributed by atoms with Crippen molar-refractivity contribution >= 4 is 34.6 Å². The van der Waals surface area contributed by atoms with Crippen LogP contribution in [-0.4, -0.2) is 46.1 Å². The Morgan fingerprint density at radius 3 is 2.48 bits per heavy atom. The standard InChI is InChI=1S/C31H33FN6OS/c1-20-19-24(21(2)38(20)23-14-12-22(13-15-23)36(3)4)30-29(27-11-7-8-17-33-27)35-31(40)37(30)18-16-28(39)34-26-10-6-5-9-25(26)32/h5-15,17,19,29-30H,16,18H2,1-4H3,(H,34,39)(H,35,40)/t29-,30+/m0/s1. The number of para-hydroxylation sites is 1. The maximum Gasteiger partial charge on any atom is 0.226 e. The molecule has 1 amide bonds. The van der Waals surface area contributed by atoms with E-state index >= 15 is 0 Å². The van der Waals surface area contributed by atoms with E-state index < -0.39 is 5.82 Å². The molecule has 9 heteroatoms. The third kappa shape index (κ3) is 5.42. The van der Waals surface area contributed by atoms with E-state index in [1.54, 1.807) is 24.4 Å². The maximum atomic E-state index is 14.1. The number of anilines is 2. The fourth-order valence-electron chi connectivity index (χ4n) is 5.37. The van der Waals surface area contributed by atoms with Gasteiger partial charge in [-0.1, -0.05) is 18.2 Å². The summed E-state index contributed by atoms with van der Waals surface area (Å²) in [4.78, 5) is 21.6. The molecule has 2 atom stereocenters. The molecule has 0 aliphatic carbocycles. The van der Waals surface area contributed by atoms with Gasteiger partial charge in [0.2, 0.25) is 5.91 Å². The lowest BCUT2D eigenvalue weighted by Crippen LogP contribution is -2.33. The van der Waals surface area contributed by atoms with Crippen molar-refractivity contribution in [3.63, 3.8) is 0 Å². The molecule has 206 valence electrons. The average molecular weight is 557 g/mol. The van der Waals surface area contributed by atoms with Crippen LogP contribution in [-0.2, 0) is 4.79 Å². The quantitative estimate of drug-likeness (QED) is 0.272. The number of benzene rings is 2. The second-order valence-corrected chi connectivity index (χ2v) is 10.6. The molecule has 1 aliphatic heterocycles. The predicted molar refractivity (Wildman–Crippen MR) is 161 cm³/mol. The second-order valence-electron chi connectivity index (χ2n) is 10.2. The van der Waals surface area contributed by atoms with Crippen molar-refractivity contribution in [1.29, 1.82) is 0 Å². The minimum atomic E-state index is -0.464. The highest BCUT2D eigenvalue weighted by Gasteiger charge is 2.41. The molecule has 40 heavy (non-hydrogen) atoms. The average Bonchev–Trinajstić information content (AvgIpc) is 3.43. The monoisotopic (exact) mass is 556 g/mol. The minimum absolute atomic E-state index is 0.145. The Balaban J connectivity index is 1.47. The van der Waals surface area contributed by atoms with Crippen LogP contribution in [0.3, 0.4) is 0 Å². The van der Waals surface area contributed by atoms with E-state index in [4.69, 9.17) is 12.2 Å². The van der Waals surface area contributed by atoms with Crippen LogP contribution in [0.1, 0.15) is 41.1 Å². The smallest absolute Gasteiger partial charge is 0.226 e. The third-order valence-corrected chi connectivity index (χ3v) is 7.69. The van der Waals surface area contributed by atoms with Crippen LogP contribution in [0, 0.1) is 19.7 Å². The van der Waals surface area contributed by atoms with E-state index in [0.717, 1.165) is 34.0 Å². The third-order valence-electron chi connectivity index (χ3n) is 7.34. The first-order valence-corrected chi connectivity index (χ1v) is 13.6. The summed E-state index contributed by atoms with van der Waals surface area (Å²) in [5, 5.41) is 6.69. The van der Waals surface area contributed by atoms with Gasteiger partial charge in [-0.05, 0) is 86.2 Å². The van der Waals surface area contributed by atoms with Gasteiger partial charge in [-0.25, -0.2) is 4.39 Å². The lowest BCUT2D eigenvalue weighted by atomic mass is 9.96. The number of carbonyl (C=O) groups is 1. The SMILES string of the molecule is Cc1cc([C@@H]2[C@H](c3ccccn3)NC(=S)N2CCC(=O)Nc2ccccc2F)c(C)n1-c1ccc(N(C)C)cc1. The number of halogens is 1. The first-order valence-electron chi connectivity index (χ1n) is 13.2. The van der Waals surface area contributed by atoms with E-state index in [9.17, 15) is 9.18 Å². The lowest BCUT2D eigenvalue weighted by Gasteiger charge is -2.28. The molecule has 0 radical (unpaired) electrons. The van der Waals surface area contributed by atoms with Crippen molar-refractivity contribution in [3.05, 3.63) is 107 Å². The molecule has 4 aromatic rings. The topological polar surface area (TPSA) is 65.4 Å². The number of hydrogen-bond donors (Lipinski definition) is 2. The molecule has 5 rings (SSSR count). The van der Waals surface area contributed by atoms with Crippen LogP contribution in [0.5, 0.6) is 0 Å². The molecule has 0 spiro atoms. The Morgan fingerprint density at radius 1 is 1.07 bits per heavy atom. The summed E-state index contributed by atoms with van der Waals surface area (Å²) in [6.07, 6.45) is 1.92. The summed E-state index contributed by atoms with van der Waals surface area (Å²) < 4.78 is 16.3. The fourth-order valence-corrected chi connectivity index (χ4v) is 5.70. The Morgan fingerprint density at radius 2 is 1.80 bits per heavy atom. The molecule has 0 saturated carbocycles. The molecule has 2 aromatic carbocycles. The molecule has 3 heterocycles. The number of thiocarbonyl (C=S) groups is 1. The van der Waals surface area contributed by atoms with Crippen molar-refractivity contribution in [2.24, 2.45) is 0 Å². The highest BCUT2D eigenvalue weighted by Crippen LogP contribution is 2.41. The van der Waals surface area contributed by atoms with Gasteiger partial charge in [0.15, 0.2) is 5.11 Å². The van der Waals surface area contributed by atoms with Gasteiger partial charge in [0.05, 0.1) is 23.5 Å². The van der Waals surface area contributed by atoms with Crippen LogP contribution < -0.4 is 15.5 Å². The molecule has 2 aromatic heterocycles. The first-order chi connectivity index (χ1) is 19.2. The van der Waals surface area contributed by atoms with E-state index in [0.29, 0.717) is 11.7 Å². The number of hydrogen-bond acceptors (Lipinski definition) is 4. The van der Waals surface area contributed by atoms with Gasteiger partial charge >= 0.3 is 0 Å². The molecule has 2 N–H and O–H groups in total. The van der Waals surface area contributed by atoms with Crippen LogP contribution >= 0.6 is 12.2 Å². The molecular formula is C31H33FN6OS. The van der Waals surface area contributed by atoms with Crippen molar-refractivity contribution < 1.29 is 9.18 Å². The Kier molecular flexibility index (Phi) is 7.84. The summed E-state index contributed by atoms with van der Waals surface area (Å²) in [5.41, 5.74) is 6.53. The zero-order valence-electron chi connectivity index (χ0n) is 23.1. The largest absolute Gasteiger partial charge is 0.378 e. The van der Waals surface area contributed by atoms with Gasteiger partial charge in [-0.2, -0.15) is 0 Å². The van der Waals surface area contributed by atoms with Crippen molar-refractivity contribution in [2.75, 3.05) is 30.9 Å². The van der Waals surface area contributed by atoms with E-state index in [1.165, 1.54) is 6.07 Å². The number of nitrogens with one attached hydrogen (secondary N) is 2.